The lowest BCUT2D eigenvalue weighted by atomic mass is 10.0. The summed E-state index contributed by atoms with van der Waals surface area (Å²) in [4.78, 5) is 26.2. The van der Waals surface area contributed by atoms with E-state index in [0.717, 1.165) is 50.0 Å². The summed E-state index contributed by atoms with van der Waals surface area (Å²) in [6.07, 6.45) is 5.27. The number of nitrogens with zero attached hydrogens (tertiary/aromatic N) is 3. The van der Waals surface area contributed by atoms with Crippen molar-refractivity contribution >= 4 is 44.9 Å². The van der Waals surface area contributed by atoms with Crippen molar-refractivity contribution < 1.29 is 4.79 Å². The number of thiophene rings is 1. The van der Waals surface area contributed by atoms with Crippen LogP contribution < -0.4 is 5.32 Å². The molecule has 0 bridgehead atoms. The number of pyridine rings is 2. The molecule has 0 unspecified atom stereocenters. The molecule has 0 fully saturated rings. The van der Waals surface area contributed by atoms with E-state index in [-0.39, 0.29) is 5.91 Å². The Balaban J connectivity index is 1.25. The van der Waals surface area contributed by atoms with Crippen LogP contribution in [0.15, 0.2) is 103 Å². The Kier molecular flexibility index (Phi) is 5.30. The van der Waals surface area contributed by atoms with Crippen LogP contribution in [0, 0.1) is 0 Å². The zero-order chi connectivity index (χ0) is 25.5. The van der Waals surface area contributed by atoms with Gasteiger partial charge in [0.25, 0.3) is 5.91 Å². The second kappa shape index (κ2) is 9.10. The molecule has 2 aromatic carbocycles. The number of aromatic nitrogens is 5. The monoisotopic (exact) mass is 512 g/mol. The van der Waals surface area contributed by atoms with Crippen LogP contribution in [-0.2, 0) is 0 Å². The van der Waals surface area contributed by atoms with Crippen LogP contribution in [0.3, 0.4) is 0 Å². The molecule has 0 atom stereocenters. The van der Waals surface area contributed by atoms with Crippen molar-refractivity contribution in [3.05, 3.63) is 108 Å². The van der Waals surface area contributed by atoms with Gasteiger partial charge in [0.1, 0.15) is 11.3 Å². The van der Waals surface area contributed by atoms with Gasteiger partial charge in [-0.05, 0) is 59.5 Å². The van der Waals surface area contributed by atoms with E-state index in [0.29, 0.717) is 11.3 Å². The Morgan fingerprint density at radius 2 is 1.79 bits per heavy atom. The van der Waals surface area contributed by atoms with Gasteiger partial charge in [0.15, 0.2) is 0 Å². The van der Waals surface area contributed by atoms with Crippen LogP contribution in [0.4, 0.5) is 5.69 Å². The predicted octanol–water partition coefficient (Wildman–Crippen LogP) is 7.15. The summed E-state index contributed by atoms with van der Waals surface area (Å²) in [5, 5.41) is 14.8. The van der Waals surface area contributed by atoms with Gasteiger partial charge in [0.05, 0.1) is 23.1 Å². The van der Waals surface area contributed by atoms with Crippen molar-refractivity contribution in [1.29, 1.82) is 0 Å². The molecule has 8 heteroatoms. The fourth-order valence-corrected chi connectivity index (χ4v) is 5.42. The molecular formula is C30H20N6OS. The van der Waals surface area contributed by atoms with Crippen molar-refractivity contribution in [3.8, 4) is 33.0 Å². The Morgan fingerprint density at radius 3 is 2.66 bits per heavy atom. The molecular weight excluding hydrogens is 492 g/mol. The van der Waals surface area contributed by atoms with Crippen LogP contribution in [0.2, 0.25) is 0 Å². The number of benzene rings is 2. The molecule has 3 N–H and O–H groups in total. The standard InChI is InChI=1S/C30H20N6OS/c37-30(18-5-2-1-3-6-18)33-21-13-20(16-31-17-21)19-8-9-25-24(14-19)28(36-35-25)26-15-23-22(27-7-4-12-38-27)10-11-32-29(23)34-26/h1-17H,(H,32,34)(H,33,37)(H,35,36). The minimum Gasteiger partial charge on any atom is -0.338 e. The fraction of sp³-hybridized carbons (Fsp3) is 0. The summed E-state index contributed by atoms with van der Waals surface area (Å²) in [5.41, 5.74) is 7.69. The van der Waals surface area contributed by atoms with E-state index < -0.39 is 0 Å². The van der Waals surface area contributed by atoms with E-state index >= 15 is 0 Å². The minimum absolute atomic E-state index is 0.175. The summed E-state index contributed by atoms with van der Waals surface area (Å²) in [7, 11) is 0. The topological polar surface area (TPSA) is 99.3 Å². The second-order valence-corrected chi connectivity index (χ2v) is 9.84. The number of aromatic amines is 2. The number of H-pyrrole nitrogens is 2. The van der Waals surface area contributed by atoms with E-state index in [1.54, 1.807) is 35.9 Å². The van der Waals surface area contributed by atoms with Crippen LogP contribution >= 0.6 is 11.3 Å². The third-order valence-electron chi connectivity index (χ3n) is 6.50. The number of nitrogens with one attached hydrogen (secondary N) is 3. The SMILES string of the molecule is O=C(Nc1cncc(-c2ccc3[nH]nc(-c4cc5c(-c6cccs6)ccnc5[nH]4)c3c2)c1)c1ccccc1. The number of carbonyl (C=O) groups excluding carboxylic acids is 1. The maximum absolute atomic E-state index is 12.6. The van der Waals surface area contributed by atoms with Gasteiger partial charge in [-0.15, -0.1) is 11.3 Å². The number of hydrogen-bond donors (Lipinski definition) is 3. The molecule has 182 valence electrons. The summed E-state index contributed by atoms with van der Waals surface area (Å²) in [5.74, 6) is -0.175. The van der Waals surface area contributed by atoms with Gasteiger partial charge < -0.3 is 10.3 Å². The first kappa shape index (κ1) is 22.1. The van der Waals surface area contributed by atoms with Crippen molar-refractivity contribution in [3.63, 3.8) is 0 Å². The third-order valence-corrected chi connectivity index (χ3v) is 7.41. The molecule has 0 spiro atoms. The van der Waals surface area contributed by atoms with E-state index in [2.05, 4.69) is 60.1 Å². The molecule has 0 aliphatic heterocycles. The highest BCUT2D eigenvalue weighted by Gasteiger charge is 2.15. The maximum atomic E-state index is 12.6. The van der Waals surface area contributed by atoms with Crippen molar-refractivity contribution in [2.24, 2.45) is 0 Å². The molecule has 0 saturated heterocycles. The largest absolute Gasteiger partial charge is 0.338 e. The average molecular weight is 513 g/mol. The Bertz CT molecular complexity index is 1920. The molecule has 0 aliphatic rings. The lowest BCUT2D eigenvalue weighted by Gasteiger charge is -2.08. The second-order valence-electron chi connectivity index (χ2n) is 8.90. The number of anilines is 1. The quantitative estimate of drug-likeness (QED) is 0.228. The van der Waals surface area contributed by atoms with Gasteiger partial charge >= 0.3 is 0 Å². The normalized spacial score (nSPS) is 11.3. The maximum Gasteiger partial charge on any atom is 0.255 e. The van der Waals surface area contributed by atoms with E-state index in [1.807, 2.05) is 48.7 Å². The van der Waals surface area contributed by atoms with Crippen molar-refractivity contribution in [2.45, 2.75) is 0 Å². The summed E-state index contributed by atoms with van der Waals surface area (Å²) in [6, 6.07) is 25.5. The molecule has 38 heavy (non-hydrogen) atoms. The van der Waals surface area contributed by atoms with Gasteiger partial charge in [-0.3, -0.25) is 14.9 Å². The zero-order valence-corrected chi connectivity index (χ0v) is 20.8. The summed E-state index contributed by atoms with van der Waals surface area (Å²) >= 11 is 1.71. The minimum atomic E-state index is -0.175. The number of fused-ring (bicyclic) bond motifs is 2. The number of rotatable bonds is 5. The highest BCUT2D eigenvalue weighted by Crippen LogP contribution is 2.36. The first-order valence-electron chi connectivity index (χ1n) is 12.0. The first-order chi connectivity index (χ1) is 18.7. The smallest absolute Gasteiger partial charge is 0.255 e. The van der Waals surface area contributed by atoms with Gasteiger partial charge in [0, 0.05) is 44.7 Å². The lowest BCUT2D eigenvalue weighted by Crippen LogP contribution is -2.11. The highest BCUT2D eigenvalue weighted by atomic mass is 32.1. The van der Waals surface area contributed by atoms with E-state index in [4.69, 9.17) is 0 Å². The lowest BCUT2D eigenvalue weighted by molar-refractivity contribution is 0.102. The van der Waals surface area contributed by atoms with Crippen molar-refractivity contribution in [1.82, 2.24) is 25.1 Å². The molecule has 7 rings (SSSR count). The molecule has 7 nitrogen and oxygen atoms in total. The molecule has 5 aromatic heterocycles. The molecule has 0 saturated carbocycles. The van der Waals surface area contributed by atoms with Gasteiger partial charge in [-0.25, -0.2) is 4.98 Å². The van der Waals surface area contributed by atoms with Gasteiger partial charge in [-0.2, -0.15) is 5.10 Å². The number of amides is 1. The number of carbonyl (C=O) groups is 1. The zero-order valence-electron chi connectivity index (χ0n) is 20.0. The predicted molar refractivity (Wildman–Crippen MR) is 152 cm³/mol. The Morgan fingerprint density at radius 1 is 0.868 bits per heavy atom. The van der Waals surface area contributed by atoms with Crippen molar-refractivity contribution in [2.75, 3.05) is 5.32 Å². The Labute approximate surface area is 221 Å². The van der Waals surface area contributed by atoms with Crippen LogP contribution in [0.5, 0.6) is 0 Å². The van der Waals surface area contributed by atoms with Crippen LogP contribution in [-0.4, -0.2) is 31.1 Å². The summed E-state index contributed by atoms with van der Waals surface area (Å²) in [6.45, 7) is 0. The Hall–Kier alpha value is -5.08. The molecule has 7 aromatic rings. The van der Waals surface area contributed by atoms with Gasteiger partial charge in [-0.1, -0.05) is 30.3 Å². The first-order valence-corrected chi connectivity index (χ1v) is 12.9. The number of hydrogen-bond acceptors (Lipinski definition) is 5. The van der Waals surface area contributed by atoms with E-state index in [9.17, 15) is 4.79 Å². The average Bonchev–Trinajstić information content (AvgIpc) is 3.73. The summed E-state index contributed by atoms with van der Waals surface area (Å²) < 4.78 is 0. The van der Waals surface area contributed by atoms with Gasteiger partial charge in [0.2, 0.25) is 0 Å². The fourth-order valence-electron chi connectivity index (χ4n) is 4.66. The molecule has 1 amide bonds. The molecule has 0 radical (unpaired) electrons. The third kappa shape index (κ3) is 3.93. The molecule has 5 heterocycles. The van der Waals surface area contributed by atoms with Crippen LogP contribution in [0.25, 0.3) is 54.9 Å². The highest BCUT2D eigenvalue weighted by molar-refractivity contribution is 7.13. The van der Waals surface area contributed by atoms with E-state index in [1.165, 1.54) is 4.88 Å². The molecule has 0 aliphatic carbocycles. The van der Waals surface area contributed by atoms with Crippen LogP contribution in [0.1, 0.15) is 10.4 Å².